The van der Waals surface area contributed by atoms with Crippen LogP contribution in [-0.4, -0.2) is 33.8 Å². The summed E-state index contributed by atoms with van der Waals surface area (Å²) in [6.45, 7) is 7.79. The summed E-state index contributed by atoms with van der Waals surface area (Å²) < 4.78 is 7.19. The molecule has 2 N–H and O–H groups in total. The molecule has 3 aromatic rings. The number of rotatable bonds is 7. The minimum atomic E-state index is -0.415. The van der Waals surface area contributed by atoms with Crippen molar-refractivity contribution >= 4 is 23.0 Å². The Hall–Kier alpha value is -3.61. The van der Waals surface area contributed by atoms with Crippen molar-refractivity contribution in [3.05, 3.63) is 72.8 Å². The summed E-state index contributed by atoms with van der Waals surface area (Å²) in [7, 11) is 0. The van der Waals surface area contributed by atoms with Gasteiger partial charge in [0, 0.05) is 18.4 Å². The lowest BCUT2D eigenvalue weighted by Gasteiger charge is -2.10. The van der Waals surface area contributed by atoms with Crippen molar-refractivity contribution in [2.24, 2.45) is 0 Å². The Morgan fingerprint density at radius 2 is 1.93 bits per heavy atom. The maximum Gasteiger partial charge on any atom is 0.292 e. The molecule has 0 aliphatic heterocycles. The average Bonchev–Trinajstić information content (AvgIpc) is 3.07. The van der Waals surface area contributed by atoms with E-state index >= 15 is 0 Å². The number of hydrogen-bond donors (Lipinski definition) is 2. The average molecular weight is 378 g/mol. The van der Waals surface area contributed by atoms with E-state index < -0.39 is 5.91 Å². The van der Waals surface area contributed by atoms with Gasteiger partial charge in [-0.3, -0.25) is 14.0 Å². The van der Waals surface area contributed by atoms with Crippen LogP contribution in [0.15, 0.2) is 61.3 Å². The molecule has 144 valence electrons. The Balaban J connectivity index is 1.85. The molecule has 2 aromatic heterocycles. The number of amides is 2. The quantitative estimate of drug-likeness (QED) is 0.618. The van der Waals surface area contributed by atoms with Gasteiger partial charge in [-0.15, -0.1) is 6.58 Å². The van der Waals surface area contributed by atoms with Crippen molar-refractivity contribution in [3.8, 4) is 5.75 Å². The SMILES string of the molecule is C=CCNC(=O)c1nc(C(=O)Nc2ccc(OC(C)C)cc2)n2ccccc12. The fraction of sp³-hybridized carbons (Fsp3) is 0.190. The number of carbonyl (C=O) groups excluding carboxylic acids is 2. The van der Waals surface area contributed by atoms with Gasteiger partial charge < -0.3 is 15.4 Å². The molecule has 0 spiro atoms. The van der Waals surface area contributed by atoms with Gasteiger partial charge in [0.2, 0.25) is 5.82 Å². The van der Waals surface area contributed by atoms with Crippen LogP contribution >= 0.6 is 0 Å². The standard InChI is InChI=1S/C21H22N4O3/c1-4-12-22-20(26)18-17-7-5-6-13-25(17)19(24-18)21(27)23-15-8-10-16(11-9-15)28-14(2)3/h4-11,13-14H,1,12H2,2-3H3,(H,22,26)(H,23,27). The molecule has 0 radical (unpaired) electrons. The van der Waals surface area contributed by atoms with Gasteiger partial charge in [-0.25, -0.2) is 4.98 Å². The highest BCUT2D eigenvalue weighted by Crippen LogP contribution is 2.19. The second-order valence-electron chi connectivity index (χ2n) is 6.38. The van der Waals surface area contributed by atoms with Crippen LogP contribution < -0.4 is 15.4 Å². The summed E-state index contributed by atoms with van der Waals surface area (Å²) in [4.78, 5) is 29.4. The second-order valence-corrected chi connectivity index (χ2v) is 6.38. The number of fused-ring (bicyclic) bond motifs is 1. The molecule has 0 atom stereocenters. The predicted octanol–water partition coefficient (Wildman–Crippen LogP) is 3.29. The van der Waals surface area contributed by atoms with Crippen molar-refractivity contribution in [1.82, 2.24) is 14.7 Å². The number of nitrogens with zero attached hydrogens (tertiary/aromatic N) is 2. The Morgan fingerprint density at radius 1 is 1.18 bits per heavy atom. The highest BCUT2D eigenvalue weighted by atomic mass is 16.5. The van der Waals surface area contributed by atoms with Crippen molar-refractivity contribution < 1.29 is 14.3 Å². The van der Waals surface area contributed by atoms with Crippen LogP contribution in [0.5, 0.6) is 5.75 Å². The number of nitrogens with one attached hydrogen (secondary N) is 2. The molecule has 7 heteroatoms. The normalized spacial score (nSPS) is 10.7. The van der Waals surface area contributed by atoms with E-state index in [1.54, 1.807) is 59.1 Å². The van der Waals surface area contributed by atoms with Crippen LogP contribution in [0, 0.1) is 0 Å². The number of benzene rings is 1. The fourth-order valence-electron chi connectivity index (χ4n) is 2.69. The van der Waals surface area contributed by atoms with E-state index in [0.29, 0.717) is 17.7 Å². The lowest BCUT2D eigenvalue weighted by atomic mass is 10.3. The zero-order valence-electron chi connectivity index (χ0n) is 15.8. The summed E-state index contributed by atoms with van der Waals surface area (Å²) in [5.74, 6) is 0.0710. The van der Waals surface area contributed by atoms with E-state index in [2.05, 4.69) is 22.2 Å². The van der Waals surface area contributed by atoms with Gasteiger partial charge in [0.15, 0.2) is 5.69 Å². The van der Waals surface area contributed by atoms with Gasteiger partial charge >= 0.3 is 0 Å². The topological polar surface area (TPSA) is 84.7 Å². The van der Waals surface area contributed by atoms with Crippen molar-refractivity contribution in [1.29, 1.82) is 0 Å². The van der Waals surface area contributed by atoms with E-state index in [0.717, 1.165) is 5.75 Å². The summed E-state index contributed by atoms with van der Waals surface area (Å²) >= 11 is 0. The van der Waals surface area contributed by atoms with Crippen LogP contribution in [0.2, 0.25) is 0 Å². The Labute approximate surface area is 163 Å². The van der Waals surface area contributed by atoms with E-state index in [1.807, 2.05) is 13.8 Å². The molecule has 3 rings (SSSR count). The summed E-state index contributed by atoms with van der Waals surface area (Å²) in [5, 5.41) is 5.49. The maximum atomic E-state index is 12.8. The molecule has 1 aromatic carbocycles. The Kier molecular flexibility index (Phi) is 5.74. The number of ether oxygens (including phenoxy) is 1. The number of pyridine rings is 1. The molecule has 0 bridgehead atoms. The zero-order chi connectivity index (χ0) is 20.1. The lowest BCUT2D eigenvalue weighted by Crippen LogP contribution is -2.24. The summed E-state index contributed by atoms with van der Waals surface area (Å²) in [6.07, 6.45) is 3.35. The van der Waals surface area contributed by atoms with Crippen molar-refractivity contribution in [2.75, 3.05) is 11.9 Å². The first kappa shape index (κ1) is 19.2. The molecule has 0 aliphatic rings. The van der Waals surface area contributed by atoms with E-state index in [1.165, 1.54) is 0 Å². The first-order valence-corrected chi connectivity index (χ1v) is 8.94. The highest BCUT2D eigenvalue weighted by Gasteiger charge is 2.21. The largest absolute Gasteiger partial charge is 0.491 e. The summed E-state index contributed by atoms with van der Waals surface area (Å²) in [5.41, 5.74) is 1.34. The molecule has 7 nitrogen and oxygen atoms in total. The number of anilines is 1. The van der Waals surface area contributed by atoms with E-state index in [9.17, 15) is 9.59 Å². The molecule has 0 saturated heterocycles. The van der Waals surface area contributed by atoms with Crippen LogP contribution in [0.25, 0.3) is 5.52 Å². The zero-order valence-corrected chi connectivity index (χ0v) is 15.8. The first-order valence-electron chi connectivity index (χ1n) is 8.94. The van der Waals surface area contributed by atoms with Gasteiger partial charge in [0.1, 0.15) is 5.75 Å². The fourth-order valence-corrected chi connectivity index (χ4v) is 2.69. The second kappa shape index (κ2) is 8.39. The van der Waals surface area contributed by atoms with E-state index in [-0.39, 0.29) is 23.5 Å². The molecular weight excluding hydrogens is 356 g/mol. The first-order chi connectivity index (χ1) is 13.5. The van der Waals surface area contributed by atoms with Gasteiger partial charge in [-0.1, -0.05) is 12.1 Å². The third kappa shape index (κ3) is 4.20. The Bertz CT molecular complexity index is 1010. The molecule has 0 unspecified atom stereocenters. The Morgan fingerprint density at radius 3 is 2.61 bits per heavy atom. The van der Waals surface area contributed by atoms with E-state index in [4.69, 9.17) is 4.74 Å². The van der Waals surface area contributed by atoms with Crippen LogP contribution in [0.4, 0.5) is 5.69 Å². The lowest BCUT2D eigenvalue weighted by molar-refractivity contribution is 0.0955. The van der Waals surface area contributed by atoms with Crippen molar-refractivity contribution in [3.63, 3.8) is 0 Å². The molecule has 0 saturated carbocycles. The third-order valence-electron chi connectivity index (χ3n) is 3.86. The third-order valence-corrected chi connectivity index (χ3v) is 3.86. The molecule has 0 aliphatic carbocycles. The number of hydrogen-bond acceptors (Lipinski definition) is 4. The molecule has 28 heavy (non-hydrogen) atoms. The van der Waals surface area contributed by atoms with Crippen LogP contribution in [-0.2, 0) is 0 Å². The highest BCUT2D eigenvalue weighted by molar-refractivity contribution is 6.06. The smallest absolute Gasteiger partial charge is 0.292 e. The van der Waals surface area contributed by atoms with Crippen molar-refractivity contribution in [2.45, 2.75) is 20.0 Å². The number of imidazole rings is 1. The monoisotopic (exact) mass is 378 g/mol. The molecule has 2 heterocycles. The molecule has 2 amide bonds. The van der Waals surface area contributed by atoms with Crippen LogP contribution in [0.1, 0.15) is 35.0 Å². The molecular formula is C21H22N4O3. The maximum absolute atomic E-state index is 12.8. The minimum absolute atomic E-state index is 0.0716. The summed E-state index contributed by atoms with van der Waals surface area (Å²) in [6, 6.07) is 12.4. The van der Waals surface area contributed by atoms with Gasteiger partial charge in [-0.05, 0) is 50.2 Å². The van der Waals surface area contributed by atoms with Crippen LogP contribution in [0.3, 0.4) is 0 Å². The number of aromatic nitrogens is 2. The van der Waals surface area contributed by atoms with Gasteiger partial charge in [0.25, 0.3) is 11.8 Å². The molecule has 0 fully saturated rings. The number of carbonyl (C=O) groups is 2. The van der Waals surface area contributed by atoms with Gasteiger partial charge in [0.05, 0.1) is 11.6 Å². The minimum Gasteiger partial charge on any atom is -0.491 e. The predicted molar refractivity (Wildman–Crippen MR) is 108 cm³/mol. The van der Waals surface area contributed by atoms with Gasteiger partial charge in [-0.2, -0.15) is 0 Å².